The van der Waals surface area contributed by atoms with Crippen LogP contribution < -0.4 is 0 Å². The molecule has 1 aliphatic carbocycles. The third-order valence-corrected chi connectivity index (χ3v) is 5.23. The minimum Gasteiger partial charge on any atom is -0.309 e. The van der Waals surface area contributed by atoms with Crippen LogP contribution >= 0.6 is 0 Å². The summed E-state index contributed by atoms with van der Waals surface area (Å²) in [5, 5.41) is 0. The average molecular weight is 335 g/mol. The molecule has 0 N–H and O–H groups in total. The van der Waals surface area contributed by atoms with Crippen LogP contribution in [-0.2, 0) is 0 Å². The maximum absolute atomic E-state index is 2.40. The van der Waals surface area contributed by atoms with E-state index in [1.54, 1.807) is 22.3 Å². The number of hydrogen-bond acceptors (Lipinski definition) is 2. The van der Waals surface area contributed by atoms with E-state index in [9.17, 15) is 0 Å². The highest BCUT2D eigenvalue weighted by molar-refractivity contribution is 5.52. The maximum Gasteiger partial charge on any atom is 0.00362 e. The highest BCUT2D eigenvalue weighted by Crippen LogP contribution is 2.49. The number of hydrogen-bond donors (Lipinski definition) is 0. The molecule has 0 saturated heterocycles. The van der Waals surface area contributed by atoms with Crippen LogP contribution in [0.5, 0.6) is 0 Å². The van der Waals surface area contributed by atoms with Gasteiger partial charge in [0, 0.05) is 12.5 Å². The first-order chi connectivity index (χ1) is 11.1. The second-order valence-corrected chi connectivity index (χ2v) is 8.96. The molecule has 0 fully saturated rings. The highest BCUT2D eigenvalue weighted by atomic mass is 15.1. The van der Waals surface area contributed by atoms with Crippen LogP contribution in [0.4, 0.5) is 0 Å². The Labute approximate surface area is 152 Å². The predicted molar refractivity (Wildman–Crippen MR) is 108 cm³/mol. The molecular weight excluding hydrogens is 292 g/mol. The van der Waals surface area contributed by atoms with Crippen LogP contribution in [-0.4, -0.2) is 51.1 Å². The van der Waals surface area contributed by atoms with Crippen LogP contribution in [0.25, 0.3) is 0 Å². The fourth-order valence-electron chi connectivity index (χ4n) is 4.35. The molecular formula is C22H42N2. The van der Waals surface area contributed by atoms with Gasteiger partial charge in [0.25, 0.3) is 0 Å². The van der Waals surface area contributed by atoms with Gasteiger partial charge in [0.15, 0.2) is 0 Å². The summed E-state index contributed by atoms with van der Waals surface area (Å²) in [6.45, 7) is 16.7. The molecule has 0 spiro atoms. The Morgan fingerprint density at radius 2 is 1.21 bits per heavy atom. The third-order valence-electron chi connectivity index (χ3n) is 5.23. The maximum atomic E-state index is 2.40. The Morgan fingerprint density at radius 3 is 1.58 bits per heavy atom. The molecule has 0 bridgehead atoms. The lowest BCUT2D eigenvalue weighted by Gasteiger charge is -2.26. The molecule has 0 saturated carbocycles. The molecule has 0 amide bonds. The molecule has 0 heterocycles. The predicted octanol–water partition coefficient (Wildman–Crippen LogP) is 5.08. The Morgan fingerprint density at radius 1 is 0.708 bits per heavy atom. The van der Waals surface area contributed by atoms with Crippen LogP contribution in [0, 0.1) is 23.7 Å². The Bertz CT molecular complexity index is 464. The third kappa shape index (κ3) is 5.20. The highest BCUT2D eigenvalue weighted by Gasteiger charge is 2.36. The smallest absolute Gasteiger partial charge is 0.00362 e. The van der Waals surface area contributed by atoms with Gasteiger partial charge in [-0.3, -0.25) is 0 Å². The molecule has 1 unspecified atom stereocenters. The van der Waals surface area contributed by atoms with Crippen LogP contribution in [0.2, 0.25) is 0 Å². The first-order valence-electron chi connectivity index (χ1n) is 9.84. The van der Waals surface area contributed by atoms with Gasteiger partial charge in [-0.2, -0.15) is 0 Å². The zero-order valence-electron chi connectivity index (χ0n) is 18.0. The molecule has 0 aromatic rings. The van der Waals surface area contributed by atoms with E-state index in [-0.39, 0.29) is 0 Å². The van der Waals surface area contributed by atoms with Gasteiger partial charge in [-0.1, -0.05) is 52.7 Å². The van der Waals surface area contributed by atoms with E-state index < -0.39 is 0 Å². The first kappa shape index (κ1) is 21.4. The quantitative estimate of drug-likeness (QED) is 0.580. The second kappa shape index (κ2) is 9.20. The first-order valence-corrected chi connectivity index (χ1v) is 9.84. The molecule has 1 aliphatic rings. The minimum absolute atomic E-state index is 0.623. The minimum atomic E-state index is 0.623. The normalized spacial score (nSPS) is 19.4. The van der Waals surface area contributed by atoms with E-state index in [1.165, 1.54) is 19.4 Å². The van der Waals surface area contributed by atoms with Gasteiger partial charge in [-0.05, 0) is 76.5 Å². The summed E-state index contributed by atoms with van der Waals surface area (Å²) in [6, 6.07) is 0. The largest absolute Gasteiger partial charge is 0.309 e. The summed E-state index contributed by atoms with van der Waals surface area (Å²) >= 11 is 0. The summed E-state index contributed by atoms with van der Waals surface area (Å²) in [6.07, 6.45) is 2.46. The molecule has 140 valence electrons. The van der Waals surface area contributed by atoms with Crippen molar-refractivity contribution in [2.24, 2.45) is 23.7 Å². The topological polar surface area (TPSA) is 6.48 Å². The van der Waals surface area contributed by atoms with Crippen molar-refractivity contribution in [3.05, 3.63) is 22.3 Å². The lowest BCUT2D eigenvalue weighted by molar-refractivity contribution is 0.368. The summed E-state index contributed by atoms with van der Waals surface area (Å²) < 4.78 is 0. The molecule has 1 rings (SSSR count). The van der Waals surface area contributed by atoms with Gasteiger partial charge >= 0.3 is 0 Å². The molecule has 1 atom stereocenters. The van der Waals surface area contributed by atoms with Gasteiger partial charge in [0.05, 0.1) is 0 Å². The molecule has 2 nitrogen and oxygen atoms in total. The van der Waals surface area contributed by atoms with Crippen molar-refractivity contribution in [3.8, 4) is 0 Å². The molecule has 0 radical (unpaired) electrons. The molecule has 0 aliphatic heterocycles. The fraction of sp³-hybridized carbons (Fsp3) is 0.818. The number of allylic oxidation sites excluding steroid dienone is 3. The van der Waals surface area contributed by atoms with Gasteiger partial charge in [0.2, 0.25) is 0 Å². The monoisotopic (exact) mass is 334 g/mol. The fourth-order valence-corrected chi connectivity index (χ4v) is 4.35. The van der Waals surface area contributed by atoms with Gasteiger partial charge < -0.3 is 9.80 Å². The summed E-state index contributed by atoms with van der Waals surface area (Å²) in [5.74, 6) is 2.55. The van der Waals surface area contributed by atoms with Gasteiger partial charge in [-0.25, -0.2) is 0 Å². The van der Waals surface area contributed by atoms with Crippen molar-refractivity contribution < 1.29 is 0 Å². The summed E-state index contributed by atoms with van der Waals surface area (Å²) in [4.78, 5) is 4.66. The lowest BCUT2D eigenvalue weighted by Crippen LogP contribution is -2.21. The SMILES string of the molecule is CC(C)C1=C(C(C)C)C(CCN(C)C)C(C(C)C)=C1CCN(C)C. The van der Waals surface area contributed by atoms with E-state index in [2.05, 4.69) is 79.5 Å². The van der Waals surface area contributed by atoms with Crippen molar-refractivity contribution in [3.63, 3.8) is 0 Å². The van der Waals surface area contributed by atoms with Crippen molar-refractivity contribution in [1.82, 2.24) is 9.80 Å². The zero-order valence-corrected chi connectivity index (χ0v) is 18.0. The lowest BCUT2D eigenvalue weighted by atomic mass is 9.80. The van der Waals surface area contributed by atoms with E-state index in [0.29, 0.717) is 23.7 Å². The Hall–Kier alpha value is -0.600. The summed E-state index contributed by atoms with van der Waals surface area (Å²) in [7, 11) is 8.78. The van der Waals surface area contributed by atoms with Gasteiger partial charge in [-0.15, -0.1) is 0 Å². The van der Waals surface area contributed by atoms with Crippen LogP contribution in [0.1, 0.15) is 54.4 Å². The molecule has 0 aromatic carbocycles. The molecule has 2 heteroatoms. The van der Waals surface area contributed by atoms with E-state index in [4.69, 9.17) is 0 Å². The van der Waals surface area contributed by atoms with E-state index in [1.807, 2.05) is 0 Å². The van der Waals surface area contributed by atoms with Crippen LogP contribution in [0.15, 0.2) is 22.3 Å². The number of nitrogens with zero attached hydrogens (tertiary/aromatic N) is 2. The second-order valence-electron chi connectivity index (χ2n) is 8.96. The standard InChI is InChI=1S/C22H42N2/c1-15(2)20-18(11-13-23(7)8)21(16(3)4)22(17(5)6)19(20)12-14-24(9)10/h15-18H,11-14H2,1-10H3. The number of rotatable bonds is 9. The van der Waals surface area contributed by atoms with E-state index >= 15 is 0 Å². The van der Waals surface area contributed by atoms with E-state index in [0.717, 1.165) is 6.54 Å². The Kier molecular flexibility index (Phi) is 8.22. The van der Waals surface area contributed by atoms with Crippen molar-refractivity contribution in [2.75, 3.05) is 41.3 Å². The van der Waals surface area contributed by atoms with Crippen LogP contribution in [0.3, 0.4) is 0 Å². The van der Waals surface area contributed by atoms with Crippen molar-refractivity contribution in [2.45, 2.75) is 54.4 Å². The summed E-state index contributed by atoms with van der Waals surface area (Å²) in [5.41, 5.74) is 6.87. The van der Waals surface area contributed by atoms with Crippen molar-refractivity contribution >= 4 is 0 Å². The zero-order chi connectivity index (χ0) is 18.6. The van der Waals surface area contributed by atoms with Gasteiger partial charge in [0.1, 0.15) is 0 Å². The molecule has 0 aromatic heterocycles. The Balaban J connectivity index is 3.38. The molecule has 24 heavy (non-hydrogen) atoms. The average Bonchev–Trinajstić information content (AvgIpc) is 2.77. The van der Waals surface area contributed by atoms with Crippen molar-refractivity contribution in [1.29, 1.82) is 0 Å².